The van der Waals surface area contributed by atoms with E-state index in [0.29, 0.717) is 30.2 Å². The fourth-order valence-corrected chi connectivity index (χ4v) is 4.33. The molecule has 3 rings (SSSR count). The van der Waals surface area contributed by atoms with Crippen molar-refractivity contribution in [1.29, 1.82) is 0 Å². The molecule has 0 aromatic heterocycles. The number of benzene rings is 1. The molecule has 2 heterocycles. The van der Waals surface area contributed by atoms with Gasteiger partial charge >= 0.3 is 0 Å². The van der Waals surface area contributed by atoms with E-state index in [1.54, 1.807) is 0 Å². The molecule has 158 valence electrons. The molecule has 0 bridgehead atoms. The Bertz CT molecular complexity index is 619. The minimum Gasteiger partial charge on any atom is -0.508 e. The lowest BCUT2D eigenvalue weighted by atomic mass is 9.85. The van der Waals surface area contributed by atoms with E-state index in [-0.39, 0.29) is 5.41 Å². The van der Waals surface area contributed by atoms with Crippen molar-refractivity contribution in [3.8, 4) is 5.75 Å². The van der Waals surface area contributed by atoms with Gasteiger partial charge in [0.2, 0.25) is 0 Å². The van der Waals surface area contributed by atoms with Gasteiger partial charge in [0, 0.05) is 0 Å². The van der Waals surface area contributed by atoms with E-state index in [2.05, 4.69) is 39.8 Å². The summed E-state index contributed by atoms with van der Waals surface area (Å²) < 4.78 is 11.6. The standard InChI is InChI=1S/C25H40O3/c1-5-6-13-21-23(27-21)24-22(28-24)14-11-9-7-8-10-12-18-15-16-19(20(26)17-18)25(2,3)4/h15-17,21-24,26H,5-14H2,1-4H3. The summed E-state index contributed by atoms with van der Waals surface area (Å²) in [5.74, 6) is 0.445. The van der Waals surface area contributed by atoms with E-state index < -0.39 is 0 Å². The molecule has 1 aromatic carbocycles. The van der Waals surface area contributed by atoms with Gasteiger partial charge < -0.3 is 14.6 Å². The SMILES string of the molecule is CCCCC1OC1C1OC1CCCCCCCc1ccc(C(C)(C)C)c(O)c1. The van der Waals surface area contributed by atoms with Crippen LogP contribution in [0.2, 0.25) is 0 Å². The Hall–Kier alpha value is -1.06. The van der Waals surface area contributed by atoms with Crippen LogP contribution in [-0.2, 0) is 21.3 Å². The molecular formula is C25H40O3. The van der Waals surface area contributed by atoms with Gasteiger partial charge in [0.05, 0.1) is 12.2 Å². The first-order valence-corrected chi connectivity index (χ1v) is 11.5. The summed E-state index contributed by atoms with van der Waals surface area (Å²) in [7, 11) is 0. The second-order valence-electron chi connectivity index (χ2n) is 9.83. The van der Waals surface area contributed by atoms with E-state index in [1.807, 2.05) is 6.07 Å². The molecule has 28 heavy (non-hydrogen) atoms. The highest BCUT2D eigenvalue weighted by Crippen LogP contribution is 2.42. The van der Waals surface area contributed by atoms with Crippen molar-refractivity contribution in [3.63, 3.8) is 0 Å². The summed E-state index contributed by atoms with van der Waals surface area (Å²) in [6, 6.07) is 6.23. The topological polar surface area (TPSA) is 45.3 Å². The van der Waals surface area contributed by atoms with Crippen LogP contribution in [0.4, 0.5) is 0 Å². The first-order chi connectivity index (χ1) is 13.4. The van der Waals surface area contributed by atoms with Gasteiger partial charge in [-0.15, -0.1) is 0 Å². The first kappa shape index (κ1) is 21.6. The number of hydrogen-bond donors (Lipinski definition) is 1. The average Bonchev–Trinajstić information content (AvgIpc) is 3.53. The van der Waals surface area contributed by atoms with E-state index in [4.69, 9.17) is 9.47 Å². The molecule has 2 aliphatic heterocycles. The van der Waals surface area contributed by atoms with Crippen LogP contribution in [0.3, 0.4) is 0 Å². The molecular weight excluding hydrogens is 348 g/mol. The monoisotopic (exact) mass is 388 g/mol. The quantitative estimate of drug-likeness (QED) is 0.338. The first-order valence-electron chi connectivity index (χ1n) is 11.5. The van der Waals surface area contributed by atoms with Crippen LogP contribution in [0.15, 0.2) is 18.2 Å². The largest absolute Gasteiger partial charge is 0.508 e. The number of rotatable bonds is 12. The minimum absolute atomic E-state index is 0.00502. The summed E-state index contributed by atoms with van der Waals surface area (Å²) >= 11 is 0. The van der Waals surface area contributed by atoms with Gasteiger partial charge in [0.1, 0.15) is 18.0 Å². The maximum Gasteiger partial charge on any atom is 0.119 e. The fourth-order valence-electron chi connectivity index (χ4n) is 4.33. The van der Waals surface area contributed by atoms with Crippen LogP contribution in [0, 0.1) is 0 Å². The molecule has 2 aliphatic rings. The molecule has 2 fully saturated rings. The fraction of sp³-hybridized carbons (Fsp3) is 0.760. The number of epoxide rings is 2. The predicted octanol–water partition coefficient (Wildman–Crippen LogP) is 6.30. The molecule has 1 aromatic rings. The van der Waals surface area contributed by atoms with Crippen LogP contribution < -0.4 is 0 Å². The number of ether oxygens (including phenoxy) is 2. The highest BCUT2D eigenvalue weighted by molar-refractivity contribution is 5.40. The molecule has 3 heteroatoms. The summed E-state index contributed by atoms with van der Waals surface area (Å²) in [4.78, 5) is 0. The zero-order valence-electron chi connectivity index (χ0n) is 18.4. The third-order valence-electron chi connectivity index (χ3n) is 6.23. The molecule has 1 N–H and O–H groups in total. The molecule has 0 spiro atoms. The lowest BCUT2D eigenvalue weighted by molar-refractivity contribution is 0.303. The van der Waals surface area contributed by atoms with Crippen LogP contribution >= 0.6 is 0 Å². The molecule has 0 saturated carbocycles. The van der Waals surface area contributed by atoms with Crippen LogP contribution in [-0.4, -0.2) is 29.5 Å². The van der Waals surface area contributed by atoms with Crippen LogP contribution in [0.5, 0.6) is 5.75 Å². The molecule has 0 amide bonds. The van der Waals surface area contributed by atoms with Gasteiger partial charge in [-0.25, -0.2) is 0 Å². The van der Waals surface area contributed by atoms with Crippen molar-refractivity contribution in [2.45, 2.75) is 122 Å². The second kappa shape index (κ2) is 9.63. The molecule has 0 radical (unpaired) electrons. The number of phenolic OH excluding ortho intramolecular Hbond substituents is 1. The van der Waals surface area contributed by atoms with Crippen LogP contribution in [0.25, 0.3) is 0 Å². The van der Waals surface area contributed by atoms with Crippen molar-refractivity contribution in [1.82, 2.24) is 0 Å². The molecule has 2 saturated heterocycles. The van der Waals surface area contributed by atoms with Crippen molar-refractivity contribution >= 4 is 0 Å². The Morgan fingerprint density at radius 1 is 0.857 bits per heavy atom. The lowest BCUT2D eigenvalue weighted by Crippen LogP contribution is -2.11. The summed E-state index contributed by atoms with van der Waals surface area (Å²) in [6.07, 6.45) is 14.1. The Kier molecular flexibility index (Phi) is 7.44. The van der Waals surface area contributed by atoms with Crippen molar-refractivity contribution in [2.75, 3.05) is 0 Å². The minimum atomic E-state index is -0.00502. The van der Waals surface area contributed by atoms with Gasteiger partial charge in [-0.1, -0.05) is 78.4 Å². The van der Waals surface area contributed by atoms with E-state index >= 15 is 0 Å². The zero-order chi connectivity index (χ0) is 20.1. The number of unbranched alkanes of at least 4 members (excludes halogenated alkanes) is 5. The van der Waals surface area contributed by atoms with Gasteiger partial charge in [0.25, 0.3) is 0 Å². The Labute approximate surface area is 171 Å². The van der Waals surface area contributed by atoms with E-state index in [0.717, 1.165) is 12.0 Å². The normalized spacial score (nSPS) is 26.4. The highest BCUT2D eigenvalue weighted by Gasteiger charge is 2.56. The van der Waals surface area contributed by atoms with Crippen molar-refractivity contribution in [3.05, 3.63) is 29.3 Å². The highest BCUT2D eigenvalue weighted by atomic mass is 16.7. The van der Waals surface area contributed by atoms with Gasteiger partial charge in [-0.3, -0.25) is 0 Å². The molecule has 4 unspecified atom stereocenters. The maximum atomic E-state index is 10.3. The Morgan fingerprint density at radius 2 is 1.46 bits per heavy atom. The number of hydrogen-bond acceptors (Lipinski definition) is 3. The average molecular weight is 389 g/mol. The van der Waals surface area contributed by atoms with Gasteiger partial charge in [0.15, 0.2) is 0 Å². The molecule has 0 aliphatic carbocycles. The number of phenols is 1. The Morgan fingerprint density at radius 3 is 2.07 bits per heavy atom. The maximum absolute atomic E-state index is 10.3. The van der Waals surface area contributed by atoms with E-state index in [1.165, 1.54) is 63.4 Å². The third-order valence-corrected chi connectivity index (χ3v) is 6.23. The smallest absolute Gasteiger partial charge is 0.119 e. The summed E-state index contributed by atoms with van der Waals surface area (Å²) in [5, 5.41) is 10.3. The summed E-state index contributed by atoms with van der Waals surface area (Å²) in [6.45, 7) is 8.65. The van der Waals surface area contributed by atoms with Gasteiger partial charge in [-0.2, -0.15) is 0 Å². The van der Waals surface area contributed by atoms with Crippen molar-refractivity contribution < 1.29 is 14.6 Å². The second-order valence-corrected chi connectivity index (χ2v) is 9.83. The van der Waals surface area contributed by atoms with E-state index in [9.17, 15) is 5.11 Å². The zero-order valence-corrected chi connectivity index (χ0v) is 18.4. The number of aryl methyl sites for hydroxylation is 1. The third kappa shape index (κ3) is 6.22. The van der Waals surface area contributed by atoms with Crippen LogP contribution in [0.1, 0.15) is 96.6 Å². The number of aromatic hydroxyl groups is 1. The summed E-state index contributed by atoms with van der Waals surface area (Å²) in [5.41, 5.74) is 2.28. The molecule has 4 atom stereocenters. The molecule has 3 nitrogen and oxygen atoms in total. The lowest BCUT2D eigenvalue weighted by Gasteiger charge is -2.20. The predicted molar refractivity (Wildman–Crippen MR) is 115 cm³/mol. The van der Waals surface area contributed by atoms with Gasteiger partial charge in [-0.05, 0) is 48.3 Å². The Balaban J connectivity index is 1.21. The van der Waals surface area contributed by atoms with Crippen molar-refractivity contribution in [2.24, 2.45) is 0 Å².